The fourth-order valence-electron chi connectivity index (χ4n) is 4.09. The molecule has 0 saturated heterocycles. The number of nitrogens with one attached hydrogen (secondary N) is 2. The van der Waals surface area contributed by atoms with Gasteiger partial charge in [0, 0.05) is 13.1 Å². The fraction of sp³-hybridized carbons (Fsp3) is 0.524. The minimum absolute atomic E-state index is 0.104. The molecule has 1 saturated carbocycles. The molecule has 3 heterocycles. The second-order valence-electron chi connectivity index (χ2n) is 8.15. The molecular formula is C21H27N7O2S. The van der Waals surface area contributed by atoms with Crippen molar-refractivity contribution in [2.24, 2.45) is 13.0 Å². The Balaban J connectivity index is 1.40. The second-order valence-corrected chi connectivity index (χ2v) is 9.21. The van der Waals surface area contributed by atoms with Gasteiger partial charge in [-0.05, 0) is 32.6 Å². The van der Waals surface area contributed by atoms with E-state index in [0.717, 1.165) is 0 Å². The zero-order valence-corrected chi connectivity index (χ0v) is 18.8. The van der Waals surface area contributed by atoms with E-state index in [2.05, 4.69) is 37.6 Å². The first-order valence-corrected chi connectivity index (χ1v) is 11.5. The van der Waals surface area contributed by atoms with Crippen LogP contribution in [0.5, 0.6) is 0 Å². The molecule has 0 bridgehead atoms. The molecule has 10 heteroatoms. The monoisotopic (exact) mass is 441 g/mol. The Morgan fingerprint density at radius 2 is 1.84 bits per heavy atom. The Kier molecular flexibility index (Phi) is 6.26. The highest BCUT2D eigenvalue weighted by molar-refractivity contribution is 7.13. The van der Waals surface area contributed by atoms with Crippen LogP contribution >= 0.6 is 11.3 Å². The predicted molar refractivity (Wildman–Crippen MR) is 118 cm³/mol. The molecule has 31 heavy (non-hydrogen) atoms. The Morgan fingerprint density at radius 3 is 2.61 bits per heavy atom. The smallest absolute Gasteiger partial charge is 0.271 e. The molecule has 2 N–H and O–H groups in total. The number of rotatable bonds is 6. The summed E-state index contributed by atoms with van der Waals surface area (Å²) in [6, 6.07) is -0.216. The Labute approximate surface area is 184 Å². The Bertz CT molecular complexity index is 1090. The van der Waals surface area contributed by atoms with Crippen molar-refractivity contribution in [1.29, 1.82) is 0 Å². The van der Waals surface area contributed by atoms with Gasteiger partial charge in [-0.15, -0.1) is 11.3 Å². The summed E-state index contributed by atoms with van der Waals surface area (Å²) in [6.45, 7) is 3.92. The van der Waals surface area contributed by atoms with E-state index in [9.17, 15) is 9.59 Å². The number of hydrogen-bond donors (Lipinski definition) is 2. The highest BCUT2D eigenvalue weighted by Crippen LogP contribution is 2.27. The predicted octanol–water partition coefficient (Wildman–Crippen LogP) is 3.01. The van der Waals surface area contributed by atoms with Gasteiger partial charge in [-0.2, -0.15) is 5.10 Å². The van der Waals surface area contributed by atoms with Gasteiger partial charge < -0.3 is 10.6 Å². The van der Waals surface area contributed by atoms with Crippen LogP contribution < -0.4 is 10.6 Å². The van der Waals surface area contributed by atoms with Crippen LogP contribution in [0.3, 0.4) is 0 Å². The first-order chi connectivity index (χ1) is 14.9. The van der Waals surface area contributed by atoms with Crippen molar-refractivity contribution in [1.82, 2.24) is 35.4 Å². The van der Waals surface area contributed by atoms with E-state index in [-0.39, 0.29) is 29.6 Å². The molecule has 3 aromatic heterocycles. The molecule has 4 rings (SSSR count). The van der Waals surface area contributed by atoms with Crippen LogP contribution in [0.15, 0.2) is 18.7 Å². The third-order valence-corrected chi connectivity index (χ3v) is 7.10. The van der Waals surface area contributed by atoms with E-state index in [1.807, 2.05) is 6.92 Å². The summed E-state index contributed by atoms with van der Waals surface area (Å²) in [5.41, 5.74) is 0.855. The van der Waals surface area contributed by atoms with Crippen molar-refractivity contribution >= 4 is 34.2 Å². The van der Waals surface area contributed by atoms with Crippen molar-refractivity contribution < 1.29 is 9.59 Å². The minimum atomic E-state index is -0.364. The van der Waals surface area contributed by atoms with Crippen LogP contribution in [-0.4, -0.2) is 42.6 Å². The number of aromatic nitrogens is 5. The third-order valence-electron chi connectivity index (χ3n) is 5.93. The maximum absolute atomic E-state index is 12.8. The summed E-state index contributed by atoms with van der Waals surface area (Å²) in [5.74, 6) is 0.105. The van der Waals surface area contributed by atoms with Gasteiger partial charge in [-0.1, -0.05) is 19.3 Å². The van der Waals surface area contributed by atoms with Crippen LogP contribution in [0.4, 0.5) is 0 Å². The third kappa shape index (κ3) is 4.58. The van der Waals surface area contributed by atoms with Gasteiger partial charge in [0.1, 0.15) is 21.9 Å². The maximum Gasteiger partial charge on any atom is 0.271 e. The molecule has 1 fully saturated rings. The molecular weight excluding hydrogens is 414 g/mol. The van der Waals surface area contributed by atoms with Crippen LogP contribution in [0.1, 0.15) is 77.2 Å². The molecule has 2 atom stereocenters. The van der Waals surface area contributed by atoms with Gasteiger partial charge in [-0.3, -0.25) is 14.3 Å². The van der Waals surface area contributed by atoms with Crippen molar-refractivity contribution in [2.45, 2.75) is 58.0 Å². The summed E-state index contributed by atoms with van der Waals surface area (Å²) >= 11 is 1.30. The first-order valence-electron chi connectivity index (χ1n) is 10.6. The lowest BCUT2D eigenvalue weighted by atomic mass is 9.84. The summed E-state index contributed by atoms with van der Waals surface area (Å²) < 4.78 is 1.59. The second kappa shape index (κ2) is 9.09. The standard InChI is InChI=1S/C21H27N7O2S/c1-12(14-7-5-4-6-8-14)26-19(29)16-10-22-21(31-16)13(2)27-20(30)17-15-9-25-28(3)18(15)24-11-23-17/h9-14H,4-8H2,1-3H3,(H,26,29)(H,27,30)/t12-,13?/m0/s1. The van der Waals surface area contributed by atoms with E-state index in [0.29, 0.717) is 26.8 Å². The van der Waals surface area contributed by atoms with Crippen LogP contribution in [0.2, 0.25) is 0 Å². The molecule has 0 aliphatic heterocycles. The van der Waals surface area contributed by atoms with Gasteiger partial charge in [0.15, 0.2) is 5.65 Å². The topological polar surface area (TPSA) is 115 Å². The van der Waals surface area contributed by atoms with Crippen molar-refractivity contribution in [2.75, 3.05) is 0 Å². The number of carbonyl (C=O) groups is 2. The van der Waals surface area contributed by atoms with Gasteiger partial charge in [0.2, 0.25) is 0 Å². The number of aryl methyl sites for hydroxylation is 1. The lowest BCUT2D eigenvalue weighted by Gasteiger charge is -2.28. The molecule has 0 spiro atoms. The zero-order chi connectivity index (χ0) is 22.0. The Hall–Kier alpha value is -2.88. The first kappa shape index (κ1) is 21.4. The van der Waals surface area contributed by atoms with E-state index in [1.165, 1.54) is 49.8 Å². The normalized spacial score (nSPS) is 16.7. The summed E-state index contributed by atoms with van der Waals surface area (Å²) in [6.07, 6.45) is 10.6. The number of thiazole rings is 1. The average molecular weight is 442 g/mol. The van der Waals surface area contributed by atoms with Crippen molar-refractivity contribution in [3.63, 3.8) is 0 Å². The van der Waals surface area contributed by atoms with E-state index < -0.39 is 0 Å². The largest absolute Gasteiger partial charge is 0.349 e. The molecule has 1 aliphatic carbocycles. The SMILES string of the molecule is CC(NC(=O)c1ncnc2c1cnn2C)c1ncc(C(=O)N[C@@H](C)C2CCCCC2)s1. The highest BCUT2D eigenvalue weighted by Gasteiger charge is 2.24. The van der Waals surface area contributed by atoms with Crippen molar-refractivity contribution in [3.8, 4) is 0 Å². The lowest BCUT2D eigenvalue weighted by molar-refractivity contribution is 0.0919. The molecule has 0 aromatic carbocycles. The number of amides is 2. The summed E-state index contributed by atoms with van der Waals surface area (Å²) in [4.78, 5) is 38.6. The van der Waals surface area contributed by atoms with Gasteiger partial charge in [0.25, 0.3) is 11.8 Å². The van der Waals surface area contributed by atoms with Crippen LogP contribution in [0, 0.1) is 5.92 Å². The number of carbonyl (C=O) groups excluding carboxylic acids is 2. The van der Waals surface area contributed by atoms with Crippen LogP contribution in [-0.2, 0) is 7.05 Å². The lowest BCUT2D eigenvalue weighted by Crippen LogP contribution is -2.38. The molecule has 1 aliphatic rings. The molecule has 2 amide bonds. The summed E-state index contributed by atoms with van der Waals surface area (Å²) in [5, 5.41) is 11.4. The molecule has 1 unspecified atom stereocenters. The van der Waals surface area contributed by atoms with E-state index in [4.69, 9.17) is 0 Å². The molecule has 3 aromatic rings. The van der Waals surface area contributed by atoms with Gasteiger partial charge in [-0.25, -0.2) is 15.0 Å². The maximum atomic E-state index is 12.8. The van der Waals surface area contributed by atoms with E-state index >= 15 is 0 Å². The molecule has 9 nitrogen and oxygen atoms in total. The number of hydrogen-bond acceptors (Lipinski definition) is 7. The highest BCUT2D eigenvalue weighted by atomic mass is 32.1. The van der Waals surface area contributed by atoms with E-state index in [1.54, 1.807) is 24.1 Å². The number of fused-ring (bicyclic) bond motifs is 1. The molecule has 164 valence electrons. The Morgan fingerprint density at radius 1 is 1.06 bits per heavy atom. The fourth-order valence-corrected chi connectivity index (χ4v) is 4.92. The number of nitrogens with zero attached hydrogens (tertiary/aromatic N) is 5. The summed E-state index contributed by atoms with van der Waals surface area (Å²) in [7, 11) is 1.76. The van der Waals surface area contributed by atoms with Crippen LogP contribution in [0.25, 0.3) is 11.0 Å². The zero-order valence-electron chi connectivity index (χ0n) is 18.0. The minimum Gasteiger partial charge on any atom is -0.349 e. The van der Waals surface area contributed by atoms with Gasteiger partial charge >= 0.3 is 0 Å². The average Bonchev–Trinajstić information content (AvgIpc) is 3.42. The van der Waals surface area contributed by atoms with Crippen molar-refractivity contribution in [3.05, 3.63) is 34.3 Å². The van der Waals surface area contributed by atoms with Gasteiger partial charge in [0.05, 0.1) is 23.8 Å². The quantitative estimate of drug-likeness (QED) is 0.608. The molecule has 0 radical (unpaired) electrons.